The number of aromatic hydroxyl groups is 1. The molecule has 14 heteroatoms. The Balaban J connectivity index is 2.26. The van der Waals surface area contributed by atoms with E-state index in [1.165, 1.54) is 6.92 Å². The molecule has 0 fully saturated rings. The summed E-state index contributed by atoms with van der Waals surface area (Å²) in [6, 6.07) is 5.68. The molecule has 200 valence electrons. The van der Waals surface area contributed by atoms with Crippen LogP contribution in [0.3, 0.4) is 0 Å². The van der Waals surface area contributed by atoms with Crippen LogP contribution in [-0.4, -0.2) is 50.3 Å². The first-order valence-corrected chi connectivity index (χ1v) is 12.2. The average Bonchev–Trinajstić information content (AvgIpc) is 2.74. The van der Waals surface area contributed by atoms with Crippen molar-refractivity contribution in [2.45, 2.75) is 43.9 Å². The molecule has 2 aromatic rings. The number of halogens is 6. The monoisotopic (exact) mass is 542 g/mol. The molecule has 2 unspecified atom stereocenters. The highest BCUT2D eigenvalue weighted by Gasteiger charge is 2.54. The van der Waals surface area contributed by atoms with Gasteiger partial charge in [0, 0.05) is 39.3 Å². The van der Waals surface area contributed by atoms with Crippen LogP contribution >= 0.6 is 0 Å². The molecule has 0 saturated carbocycles. The smallest absolute Gasteiger partial charge is 0.507 e. The van der Waals surface area contributed by atoms with Gasteiger partial charge in [0.05, 0.1) is 6.04 Å². The number of ether oxygens (including phenoxy) is 1. The molecule has 0 aliphatic rings. The molecule has 0 bridgehead atoms. The van der Waals surface area contributed by atoms with Crippen molar-refractivity contribution in [1.29, 1.82) is 4.78 Å². The summed E-state index contributed by atoms with van der Waals surface area (Å²) in [6.07, 6.45) is -11.5. The quantitative estimate of drug-likeness (QED) is 0.328. The molecule has 2 aromatic carbocycles. The third-order valence-corrected chi connectivity index (χ3v) is 7.18. The zero-order valence-corrected chi connectivity index (χ0v) is 19.6. The predicted molar refractivity (Wildman–Crippen MR) is 119 cm³/mol. The van der Waals surface area contributed by atoms with Crippen LogP contribution in [0.15, 0.2) is 42.5 Å². The van der Waals surface area contributed by atoms with Gasteiger partial charge in [0.1, 0.15) is 17.3 Å². The van der Waals surface area contributed by atoms with E-state index in [-0.39, 0.29) is 17.5 Å². The fourth-order valence-corrected chi connectivity index (χ4v) is 4.73. The number of ketones is 1. The van der Waals surface area contributed by atoms with E-state index in [0.717, 1.165) is 36.4 Å². The van der Waals surface area contributed by atoms with Crippen molar-refractivity contribution in [2.24, 2.45) is 5.73 Å². The number of hydrogen-bond acceptors (Lipinski definition) is 7. The minimum Gasteiger partial charge on any atom is -0.507 e. The van der Waals surface area contributed by atoms with Gasteiger partial charge >= 0.3 is 12.5 Å². The molecule has 7 nitrogen and oxygen atoms in total. The standard InChI is InChI=1S/C22H24F6N2O5S/c1-13(31)18(29)8-10-36(30,34)11-9-20(33,21(23,24)25)15-4-2-14(3-5-15)17-7-6-16(12-19(17)32)35-22(26,27)28/h2-7,12,18,30,32-33H,8-11,29H2,1H3/t18-,20?,36?/m0/s1. The number of rotatable bonds is 10. The second-order valence-corrected chi connectivity index (χ2v) is 10.6. The number of nitrogens with one attached hydrogen (secondary N) is 1. The van der Waals surface area contributed by atoms with E-state index in [2.05, 4.69) is 4.74 Å². The molecule has 36 heavy (non-hydrogen) atoms. The molecule has 0 aromatic heterocycles. The zero-order chi connectivity index (χ0) is 27.5. The van der Waals surface area contributed by atoms with Crippen LogP contribution in [0.4, 0.5) is 26.3 Å². The van der Waals surface area contributed by atoms with E-state index >= 15 is 0 Å². The molecular formula is C22H24F6N2O5S. The Bertz CT molecular complexity index is 1180. The molecule has 0 aliphatic heterocycles. The van der Waals surface area contributed by atoms with E-state index < -0.39 is 74.7 Å². The Labute approximate surface area is 202 Å². The Kier molecular flexibility index (Phi) is 8.69. The van der Waals surface area contributed by atoms with Crippen LogP contribution < -0.4 is 10.5 Å². The molecule has 5 N–H and O–H groups in total. The Morgan fingerprint density at radius 2 is 1.67 bits per heavy atom. The Hall–Kier alpha value is -2.84. The fraction of sp³-hybridized carbons (Fsp3) is 0.409. The Morgan fingerprint density at radius 1 is 1.08 bits per heavy atom. The van der Waals surface area contributed by atoms with Crippen LogP contribution in [0.5, 0.6) is 11.5 Å². The van der Waals surface area contributed by atoms with Gasteiger partial charge in [-0.3, -0.25) is 9.57 Å². The molecular weight excluding hydrogens is 518 g/mol. The van der Waals surface area contributed by atoms with Crippen LogP contribution in [0.1, 0.15) is 25.3 Å². The highest BCUT2D eigenvalue weighted by atomic mass is 32.2. The predicted octanol–water partition coefficient (Wildman–Crippen LogP) is 4.45. The van der Waals surface area contributed by atoms with Crippen molar-refractivity contribution >= 4 is 15.5 Å². The number of phenolic OH excluding ortho intramolecular Hbond substituents is 1. The highest BCUT2D eigenvalue weighted by Crippen LogP contribution is 2.43. The fourth-order valence-electron chi connectivity index (χ4n) is 3.26. The zero-order valence-electron chi connectivity index (χ0n) is 18.8. The van der Waals surface area contributed by atoms with Crippen LogP contribution in [0.2, 0.25) is 0 Å². The minimum absolute atomic E-state index is 0.0115. The van der Waals surface area contributed by atoms with E-state index in [0.29, 0.717) is 6.07 Å². The van der Waals surface area contributed by atoms with Gasteiger partial charge in [-0.25, -0.2) is 4.21 Å². The molecule has 2 rings (SSSR count). The van der Waals surface area contributed by atoms with Crippen LogP contribution in [0, 0.1) is 4.78 Å². The lowest BCUT2D eigenvalue weighted by Crippen LogP contribution is -2.44. The molecule has 0 spiro atoms. The van der Waals surface area contributed by atoms with Crippen molar-refractivity contribution < 1.29 is 50.3 Å². The second kappa shape index (κ2) is 10.6. The summed E-state index contributed by atoms with van der Waals surface area (Å²) in [7, 11) is -3.60. The van der Waals surface area contributed by atoms with Gasteiger partial charge in [-0.05, 0) is 36.6 Å². The molecule has 0 heterocycles. The molecule has 0 radical (unpaired) electrons. The third kappa shape index (κ3) is 7.58. The molecule has 0 amide bonds. The van der Waals surface area contributed by atoms with E-state index in [1.807, 2.05) is 0 Å². The van der Waals surface area contributed by atoms with Crippen LogP contribution in [-0.2, 0) is 20.1 Å². The number of carbonyl (C=O) groups is 1. The number of carbonyl (C=O) groups excluding carboxylic acids is 1. The number of benzene rings is 2. The van der Waals surface area contributed by atoms with Crippen molar-refractivity contribution in [3.05, 3.63) is 48.0 Å². The van der Waals surface area contributed by atoms with Crippen molar-refractivity contribution in [3.63, 3.8) is 0 Å². The number of phenols is 1. The molecule has 0 saturated heterocycles. The number of hydrogen-bond donors (Lipinski definition) is 4. The largest absolute Gasteiger partial charge is 0.573 e. The maximum absolute atomic E-state index is 13.8. The van der Waals surface area contributed by atoms with Gasteiger partial charge in [0.2, 0.25) is 0 Å². The minimum atomic E-state index is -5.21. The number of Topliss-reactive ketones (excluding diaryl/α,β-unsaturated/α-hetero) is 1. The highest BCUT2D eigenvalue weighted by molar-refractivity contribution is 7.92. The van der Waals surface area contributed by atoms with Gasteiger partial charge < -0.3 is 20.7 Å². The third-order valence-electron chi connectivity index (χ3n) is 5.42. The van der Waals surface area contributed by atoms with Crippen LogP contribution in [0.25, 0.3) is 11.1 Å². The lowest BCUT2D eigenvalue weighted by atomic mass is 9.89. The Morgan fingerprint density at radius 3 is 2.14 bits per heavy atom. The first kappa shape index (κ1) is 29.4. The van der Waals surface area contributed by atoms with E-state index in [4.69, 9.17) is 10.5 Å². The van der Waals surface area contributed by atoms with Gasteiger partial charge in [-0.1, -0.05) is 24.3 Å². The maximum Gasteiger partial charge on any atom is 0.573 e. The summed E-state index contributed by atoms with van der Waals surface area (Å²) in [5.41, 5.74) is 1.53. The van der Waals surface area contributed by atoms with Crippen molar-refractivity contribution in [3.8, 4) is 22.6 Å². The SMILES string of the molecule is CC(=O)[C@@H](N)CCS(=N)(=O)CCC(O)(c1ccc(-c2ccc(OC(F)(F)F)cc2O)cc1)C(F)(F)F. The number of aliphatic hydroxyl groups is 1. The number of alkyl halides is 6. The van der Waals surface area contributed by atoms with E-state index in [1.54, 1.807) is 0 Å². The first-order chi connectivity index (χ1) is 16.3. The topological polar surface area (TPSA) is 134 Å². The van der Waals surface area contributed by atoms with Gasteiger partial charge in [0.15, 0.2) is 5.60 Å². The summed E-state index contributed by atoms with van der Waals surface area (Å²) in [5, 5.41) is 20.6. The average molecular weight is 542 g/mol. The summed E-state index contributed by atoms with van der Waals surface area (Å²) in [5.74, 6) is -3.00. The summed E-state index contributed by atoms with van der Waals surface area (Å²) < 4.78 is 102. The van der Waals surface area contributed by atoms with Gasteiger partial charge in [0.25, 0.3) is 0 Å². The molecule has 3 atom stereocenters. The summed E-state index contributed by atoms with van der Waals surface area (Å²) >= 11 is 0. The van der Waals surface area contributed by atoms with E-state index in [9.17, 15) is 45.6 Å². The molecule has 0 aliphatic carbocycles. The van der Waals surface area contributed by atoms with Crippen molar-refractivity contribution in [2.75, 3.05) is 11.5 Å². The lowest BCUT2D eigenvalue weighted by Gasteiger charge is -2.31. The number of nitrogens with two attached hydrogens (primary N) is 1. The second-order valence-electron chi connectivity index (χ2n) is 8.14. The van der Waals surface area contributed by atoms with Gasteiger partial charge in [-0.2, -0.15) is 13.2 Å². The van der Waals surface area contributed by atoms with Gasteiger partial charge in [-0.15, -0.1) is 13.2 Å². The summed E-state index contributed by atoms with van der Waals surface area (Å²) in [6.45, 7) is 1.19. The normalized spacial score (nSPS) is 16.6. The lowest BCUT2D eigenvalue weighted by molar-refractivity contribution is -0.274. The summed E-state index contributed by atoms with van der Waals surface area (Å²) in [4.78, 5) is 11.2. The van der Waals surface area contributed by atoms with Crippen molar-refractivity contribution in [1.82, 2.24) is 0 Å². The first-order valence-electron chi connectivity index (χ1n) is 10.3. The maximum atomic E-state index is 13.8.